The maximum absolute atomic E-state index is 10.8. The van der Waals surface area contributed by atoms with Crippen molar-refractivity contribution in [2.75, 3.05) is 12.8 Å². The first-order valence-electron chi connectivity index (χ1n) is 6.80. The number of aliphatic hydroxyl groups excluding tert-OH is 1. The molecule has 0 spiro atoms. The minimum absolute atomic E-state index is 0.630. The normalized spacial score (nSPS) is 12.3. The Morgan fingerprint density at radius 3 is 2.57 bits per heavy atom. The Labute approximate surface area is 123 Å². The Hall–Kier alpha value is -2.52. The van der Waals surface area contributed by atoms with Gasteiger partial charge in [-0.1, -0.05) is 42.5 Å². The molecule has 1 atom stereocenters. The zero-order valence-electron chi connectivity index (χ0n) is 11.8. The molecule has 106 valence electrons. The molecule has 3 heteroatoms. The molecule has 3 rings (SSSR count). The van der Waals surface area contributed by atoms with Crippen LogP contribution in [-0.4, -0.2) is 12.2 Å². The summed E-state index contributed by atoms with van der Waals surface area (Å²) in [5.74, 6) is 0.670. The summed E-state index contributed by atoms with van der Waals surface area (Å²) >= 11 is 0. The molecule has 0 saturated heterocycles. The van der Waals surface area contributed by atoms with E-state index in [1.54, 1.807) is 19.2 Å². The smallest absolute Gasteiger partial charge is 0.125 e. The lowest BCUT2D eigenvalue weighted by Gasteiger charge is -2.18. The van der Waals surface area contributed by atoms with Gasteiger partial charge < -0.3 is 15.6 Å². The van der Waals surface area contributed by atoms with Crippen LogP contribution in [0.25, 0.3) is 10.8 Å². The van der Waals surface area contributed by atoms with Gasteiger partial charge in [0.25, 0.3) is 0 Å². The van der Waals surface area contributed by atoms with Gasteiger partial charge in [0.2, 0.25) is 0 Å². The van der Waals surface area contributed by atoms with E-state index in [2.05, 4.69) is 0 Å². The van der Waals surface area contributed by atoms with Crippen LogP contribution in [0.3, 0.4) is 0 Å². The molecular weight excluding hydrogens is 262 g/mol. The van der Waals surface area contributed by atoms with Crippen molar-refractivity contribution in [3.05, 3.63) is 71.8 Å². The van der Waals surface area contributed by atoms with Gasteiger partial charge in [-0.2, -0.15) is 0 Å². The van der Waals surface area contributed by atoms with E-state index in [1.165, 1.54) is 0 Å². The second kappa shape index (κ2) is 5.46. The monoisotopic (exact) mass is 279 g/mol. The number of rotatable bonds is 3. The van der Waals surface area contributed by atoms with Crippen molar-refractivity contribution in [3.63, 3.8) is 0 Å². The molecule has 0 aliphatic heterocycles. The van der Waals surface area contributed by atoms with Crippen LogP contribution in [0, 0.1) is 0 Å². The molecule has 21 heavy (non-hydrogen) atoms. The standard InChI is InChI=1S/C18H17NO2/c1-21-16-10-9-12-5-2-3-8-15(12)17(16)18(20)13-6-4-7-14(19)11-13/h2-11,18,20H,19H2,1H3. The quantitative estimate of drug-likeness (QED) is 0.721. The van der Waals surface area contributed by atoms with E-state index in [1.807, 2.05) is 48.5 Å². The van der Waals surface area contributed by atoms with Crippen molar-refractivity contribution >= 4 is 16.5 Å². The zero-order valence-corrected chi connectivity index (χ0v) is 11.8. The van der Waals surface area contributed by atoms with Crippen molar-refractivity contribution in [3.8, 4) is 5.75 Å². The fourth-order valence-electron chi connectivity index (χ4n) is 2.63. The van der Waals surface area contributed by atoms with E-state index in [0.717, 1.165) is 21.9 Å². The van der Waals surface area contributed by atoms with Crippen LogP contribution in [0.15, 0.2) is 60.7 Å². The van der Waals surface area contributed by atoms with Crippen LogP contribution in [0.2, 0.25) is 0 Å². The number of fused-ring (bicyclic) bond motifs is 1. The summed E-state index contributed by atoms with van der Waals surface area (Å²) in [7, 11) is 1.61. The van der Waals surface area contributed by atoms with Gasteiger partial charge in [-0.25, -0.2) is 0 Å². The van der Waals surface area contributed by atoms with Crippen molar-refractivity contribution in [1.29, 1.82) is 0 Å². The maximum Gasteiger partial charge on any atom is 0.125 e. The summed E-state index contributed by atoms with van der Waals surface area (Å²) < 4.78 is 5.44. The highest BCUT2D eigenvalue weighted by Gasteiger charge is 2.18. The van der Waals surface area contributed by atoms with E-state index in [9.17, 15) is 5.11 Å². The van der Waals surface area contributed by atoms with E-state index >= 15 is 0 Å². The summed E-state index contributed by atoms with van der Waals surface area (Å²) in [6.07, 6.45) is -0.783. The minimum Gasteiger partial charge on any atom is -0.496 e. The number of anilines is 1. The fraction of sp³-hybridized carbons (Fsp3) is 0.111. The first-order chi connectivity index (χ1) is 10.2. The predicted molar refractivity (Wildman–Crippen MR) is 85.4 cm³/mol. The van der Waals surface area contributed by atoms with Gasteiger partial charge in [0.1, 0.15) is 11.9 Å². The number of hydrogen-bond donors (Lipinski definition) is 2. The van der Waals surface area contributed by atoms with Crippen molar-refractivity contribution in [1.82, 2.24) is 0 Å². The Morgan fingerprint density at radius 2 is 1.81 bits per heavy atom. The lowest BCUT2D eigenvalue weighted by atomic mass is 9.94. The summed E-state index contributed by atoms with van der Waals surface area (Å²) in [5, 5.41) is 12.8. The van der Waals surface area contributed by atoms with Gasteiger partial charge in [-0.05, 0) is 34.5 Å². The number of aliphatic hydroxyl groups is 1. The molecule has 0 aromatic heterocycles. The lowest BCUT2D eigenvalue weighted by Crippen LogP contribution is -2.04. The summed E-state index contributed by atoms with van der Waals surface area (Å²) in [4.78, 5) is 0. The number of methoxy groups -OCH3 is 1. The van der Waals surface area contributed by atoms with Gasteiger partial charge in [-0.3, -0.25) is 0 Å². The third-order valence-electron chi connectivity index (χ3n) is 3.65. The third-order valence-corrected chi connectivity index (χ3v) is 3.65. The number of ether oxygens (including phenoxy) is 1. The summed E-state index contributed by atoms with van der Waals surface area (Å²) in [6, 6.07) is 19.1. The van der Waals surface area contributed by atoms with Crippen molar-refractivity contribution in [2.45, 2.75) is 6.10 Å². The molecule has 0 aliphatic carbocycles. The molecule has 0 amide bonds. The highest BCUT2D eigenvalue weighted by atomic mass is 16.5. The second-order valence-electron chi connectivity index (χ2n) is 4.98. The molecule has 1 unspecified atom stereocenters. The van der Waals surface area contributed by atoms with Crippen LogP contribution in [0.5, 0.6) is 5.75 Å². The lowest BCUT2D eigenvalue weighted by molar-refractivity contribution is 0.216. The van der Waals surface area contributed by atoms with Crippen LogP contribution in [0.1, 0.15) is 17.2 Å². The van der Waals surface area contributed by atoms with Gasteiger partial charge in [-0.15, -0.1) is 0 Å². The number of nitrogens with two attached hydrogens (primary N) is 1. The molecule has 3 aromatic carbocycles. The van der Waals surface area contributed by atoms with Crippen LogP contribution in [-0.2, 0) is 0 Å². The number of benzene rings is 3. The second-order valence-corrected chi connectivity index (χ2v) is 4.98. The molecule has 0 fully saturated rings. The predicted octanol–water partition coefficient (Wildman–Crippen LogP) is 3.51. The highest BCUT2D eigenvalue weighted by Crippen LogP contribution is 2.36. The van der Waals surface area contributed by atoms with Crippen molar-refractivity contribution < 1.29 is 9.84 Å². The van der Waals surface area contributed by atoms with Gasteiger partial charge >= 0.3 is 0 Å². The van der Waals surface area contributed by atoms with Crippen LogP contribution >= 0.6 is 0 Å². The summed E-state index contributed by atoms with van der Waals surface area (Å²) in [5.41, 5.74) is 7.96. The first kappa shape index (κ1) is 13.5. The minimum atomic E-state index is -0.783. The third kappa shape index (κ3) is 2.43. The molecule has 3 aromatic rings. The average molecular weight is 279 g/mol. The maximum atomic E-state index is 10.8. The Kier molecular flexibility index (Phi) is 3.50. The van der Waals surface area contributed by atoms with E-state index in [4.69, 9.17) is 10.5 Å². The molecule has 3 nitrogen and oxygen atoms in total. The fourth-order valence-corrected chi connectivity index (χ4v) is 2.63. The van der Waals surface area contributed by atoms with Gasteiger partial charge in [0.05, 0.1) is 7.11 Å². The molecule has 0 saturated carbocycles. The average Bonchev–Trinajstić information content (AvgIpc) is 2.53. The Bertz CT molecular complexity index is 783. The Balaban J connectivity index is 2.22. The topological polar surface area (TPSA) is 55.5 Å². The van der Waals surface area contributed by atoms with Crippen molar-refractivity contribution in [2.24, 2.45) is 0 Å². The highest BCUT2D eigenvalue weighted by molar-refractivity contribution is 5.88. The van der Waals surface area contributed by atoms with E-state index in [-0.39, 0.29) is 0 Å². The largest absolute Gasteiger partial charge is 0.496 e. The van der Waals surface area contributed by atoms with Crippen LogP contribution in [0.4, 0.5) is 5.69 Å². The molecule has 0 aliphatic rings. The van der Waals surface area contributed by atoms with E-state index in [0.29, 0.717) is 11.4 Å². The summed E-state index contributed by atoms with van der Waals surface area (Å²) in [6.45, 7) is 0. The molecule has 3 N–H and O–H groups in total. The van der Waals surface area contributed by atoms with Gasteiger partial charge in [0, 0.05) is 11.3 Å². The number of nitrogen functional groups attached to an aromatic ring is 1. The van der Waals surface area contributed by atoms with Crippen LogP contribution < -0.4 is 10.5 Å². The molecule has 0 bridgehead atoms. The van der Waals surface area contributed by atoms with Gasteiger partial charge in [0.15, 0.2) is 0 Å². The van der Waals surface area contributed by atoms with E-state index < -0.39 is 6.10 Å². The SMILES string of the molecule is COc1ccc2ccccc2c1C(O)c1cccc(N)c1. The molecular formula is C18H17NO2. The first-order valence-corrected chi connectivity index (χ1v) is 6.80. The zero-order chi connectivity index (χ0) is 14.8. The molecule has 0 radical (unpaired) electrons. The Morgan fingerprint density at radius 1 is 1.00 bits per heavy atom. The number of hydrogen-bond acceptors (Lipinski definition) is 3. The molecule has 0 heterocycles.